The fourth-order valence-electron chi connectivity index (χ4n) is 4.34. The zero-order valence-electron chi connectivity index (χ0n) is 18.7. The molecule has 1 atom stereocenters. The summed E-state index contributed by atoms with van der Waals surface area (Å²) < 4.78 is 0. The monoisotopic (exact) mass is 442 g/mol. The van der Waals surface area contributed by atoms with Crippen LogP contribution in [-0.4, -0.2) is 35.5 Å². The predicted molar refractivity (Wildman–Crippen MR) is 127 cm³/mol. The van der Waals surface area contributed by atoms with Crippen LogP contribution in [0.1, 0.15) is 74.7 Å². The van der Waals surface area contributed by atoms with Crippen molar-refractivity contribution < 1.29 is 9.90 Å². The van der Waals surface area contributed by atoms with Gasteiger partial charge in [0.1, 0.15) is 0 Å². The van der Waals surface area contributed by atoms with E-state index >= 15 is 0 Å². The molecule has 31 heavy (non-hydrogen) atoms. The number of nitrogens with two attached hydrogens (primary N) is 1. The second kappa shape index (κ2) is 10.6. The molecule has 2 aromatic carbocycles. The van der Waals surface area contributed by atoms with E-state index in [4.69, 9.17) is 17.3 Å². The largest absolute Gasteiger partial charge is 0.388 e. The van der Waals surface area contributed by atoms with E-state index in [0.717, 1.165) is 62.9 Å². The lowest BCUT2D eigenvalue weighted by atomic mass is 9.80. The molecule has 4 nitrogen and oxygen atoms in total. The summed E-state index contributed by atoms with van der Waals surface area (Å²) in [5, 5.41) is 11.0. The van der Waals surface area contributed by atoms with Crippen LogP contribution in [-0.2, 0) is 10.2 Å². The van der Waals surface area contributed by atoms with Gasteiger partial charge in [-0.1, -0.05) is 48.0 Å². The second-order valence-corrected chi connectivity index (χ2v) is 9.73. The molecule has 0 radical (unpaired) electrons. The minimum absolute atomic E-state index is 0.291. The van der Waals surface area contributed by atoms with Crippen molar-refractivity contribution >= 4 is 17.5 Å². The smallest absolute Gasteiger partial charge is 0.227 e. The Kier molecular flexibility index (Phi) is 8.15. The summed E-state index contributed by atoms with van der Waals surface area (Å²) in [6.45, 7) is 7.04. The maximum atomic E-state index is 11.8. The van der Waals surface area contributed by atoms with Crippen molar-refractivity contribution in [1.82, 2.24) is 4.90 Å². The maximum absolute atomic E-state index is 11.8. The van der Waals surface area contributed by atoms with Crippen LogP contribution in [0.15, 0.2) is 48.5 Å². The average Bonchev–Trinajstić information content (AvgIpc) is 2.77. The molecule has 168 valence electrons. The van der Waals surface area contributed by atoms with Gasteiger partial charge in [-0.15, -0.1) is 0 Å². The van der Waals surface area contributed by atoms with E-state index in [-0.39, 0.29) is 5.91 Å². The number of likely N-dealkylation sites (tertiary alicyclic amines) is 1. The molecule has 0 bridgehead atoms. The second-order valence-electron chi connectivity index (χ2n) is 9.29. The topological polar surface area (TPSA) is 66.6 Å². The fraction of sp³-hybridized carbons (Fsp3) is 0.500. The highest BCUT2D eigenvalue weighted by Gasteiger charge is 2.28. The molecule has 1 saturated heterocycles. The van der Waals surface area contributed by atoms with Gasteiger partial charge in [0.25, 0.3) is 0 Å². The summed E-state index contributed by atoms with van der Waals surface area (Å²) in [4.78, 5) is 14.3. The van der Waals surface area contributed by atoms with E-state index < -0.39 is 11.5 Å². The number of benzene rings is 2. The summed E-state index contributed by atoms with van der Waals surface area (Å²) in [6.07, 6.45) is 4.73. The van der Waals surface area contributed by atoms with Gasteiger partial charge >= 0.3 is 0 Å². The summed E-state index contributed by atoms with van der Waals surface area (Å²) in [5.41, 5.74) is 8.21. The first-order chi connectivity index (χ1) is 14.8. The molecule has 0 aromatic heterocycles. The molecule has 3 N–H and O–H groups in total. The third kappa shape index (κ3) is 6.31. The Bertz CT molecular complexity index is 858. The highest BCUT2D eigenvalue weighted by molar-refractivity contribution is 6.30. The minimum atomic E-state index is -0.646. The highest BCUT2D eigenvalue weighted by Crippen LogP contribution is 2.32. The quantitative estimate of drug-likeness (QED) is 0.525. The Balaban J connectivity index is 1.42. The normalized spacial score (nSPS) is 16.9. The summed E-state index contributed by atoms with van der Waals surface area (Å²) in [6, 6.07) is 15.9. The summed E-state index contributed by atoms with van der Waals surface area (Å²) in [5.74, 6) is 0.243. The lowest BCUT2D eigenvalue weighted by molar-refractivity contribution is -0.122. The minimum Gasteiger partial charge on any atom is -0.388 e. The van der Waals surface area contributed by atoms with Gasteiger partial charge in [0, 0.05) is 5.02 Å². The van der Waals surface area contributed by atoms with E-state index in [2.05, 4.69) is 17.0 Å². The number of amides is 1. The third-order valence-corrected chi connectivity index (χ3v) is 6.99. The van der Waals surface area contributed by atoms with Crippen LogP contribution in [0.2, 0.25) is 5.02 Å². The molecule has 1 aliphatic heterocycles. The van der Waals surface area contributed by atoms with Gasteiger partial charge in [0.2, 0.25) is 5.91 Å². The molecule has 1 amide bonds. The van der Waals surface area contributed by atoms with Crippen LogP contribution in [0.5, 0.6) is 0 Å². The van der Waals surface area contributed by atoms with Crippen LogP contribution in [0.4, 0.5) is 0 Å². The molecule has 0 aliphatic carbocycles. The van der Waals surface area contributed by atoms with E-state index in [1.54, 1.807) is 0 Å². The molecule has 0 spiro atoms. The van der Waals surface area contributed by atoms with Gasteiger partial charge in [-0.3, -0.25) is 4.79 Å². The molecule has 1 heterocycles. The van der Waals surface area contributed by atoms with E-state index in [9.17, 15) is 9.90 Å². The van der Waals surface area contributed by atoms with E-state index in [0.29, 0.717) is 10.9 Å². The number of unbranched alkanes of at least 4 members (excludes halogenated alkanes) is 1. The molecule has 1 aliphatic rings. The van der Waals surface area contributed by atoms with E-state index in [1.807, 2.05) is 50.2 Å². The van der Waals surface area contributed by atoms with Crippen molar-refractivity contribution in [2.75, 3.05) is 19.6 Å². The number of hydrogen-bond donors (Lipinski definition) is 2. The maximum Gasteiger partial charge on any atom is 0.227 e. The first kappa shape index (κ1) is 23.8. The zero-order chi connectivity index (χ0) is 22.4. The number of hydrogen-bond acceptors (Lipinski definition) is 3. The van der Waals surface area contributed by atoms with Gasteiger partial charge in [-0.25, -0.2) is 0 Å². The van der Waals surface area contributed by atoms with Gasteiger partial charge in [-0.05, 0) is 100 Å². The Morgan fingerprint density at radius 2 is 1.84 bits per heavy atom. The van der Waals surface area contributed by atoms with Crippen molar-refractivity contribution in [3.63, 3.8) is 0 Å². The van der Waals surface area contributed by atoms with Gasteiger partial charge in [-0.2, -0.15) is 0 Å². The first-order valence-electron chi connectivity index (χ1n) is 11.3. The standard InChI is InChI=1S/C26H35ClN2O2/c1-26(2,25(28)31)22-7-5-6-21(18-22)19-13-16-29(17-14-19)15-4-3-8-24(30)20-9-11-23(27)12-10-20/h5-7,9-12,18-19,24,30H,3-4,8,13-17H2,1-2H3,(H2,28,31). The lowest BCUT2D eigenvalue weighted by Gasteiger charge is -2.33. The number of piperidine rings is 1. The fourth-order valence-corrected chi connectivity index (χ4v) is 4.46. The number of nitrogens with zero attached hydrogens (tertiary/aromatic N) is 1. The van der Waals surface area contributed by atoms with Crippen LogP contribution in [0.3, 0.4) is 0 Å². The van der Waals surface area contributed by atoms with Crippen LogP contribution < -0.4 is 5.73 Å². The molecule has 3 rings (SSSR count). The van der Waals surface area contributed by atoms with Crippen LogP contribution in [0.25, 0.3) is 0 Å². The summed E-state index contributed by atoms with van der Waals surface area (Å²) >= 11 is 5.91. The van der Waals surface area contributed by atoms with Crippen LogP contribution in [0, 0.1) is 0 Å². The molecular weight excluding hydrogens is 408 g/mol. The number of carbonyl (C=O) groups is 1. The molecule has 2 aromatic rings. The number of aliphatic hydroxyl groups is 1. The molecule has 0 saturated carbocycles. The third-order valence-electron chi connectivity index (χ3n) is 6.74. The highest BCUT2D eigenvalue weighted by atomic mass is 35.5. The zero-order valence-corrected chi connectivity index (χ0v) is 19.4. The van der Waals surface area contributed by atoms with Gasteiger partial charge in [0.15, 0.2) is 0 Å². The lowest BCUT2D eigenvalue weighted by Crippen LogP contribution is -2.36. The van der Waals surface area contributed by atoms with Crippen molar-refractivity contribution in [3.05, 3.63) is 70.2 Å². The number of primary amides is 1. The number of halogens is 1. The SMILES string of the molecule is CC(C)(C(N)=O)c1cccc(C2CCN(CCCCC(O)c3ccc(Cl)cc3)CC2)c1. The van der Waals surface area contributed by atoms with Crippen molar-refractivity contribution in [3.8, 4) is 0 Å². The Morgan fingerprint density at radius 1 is 1.16 bits per heavy atom. The summed E-state index contributed by atoms with van der Waals surface area (Å²) in [7, 11) is 0. The van der Waals surface area contributed by atoms with Crippen LogP contribution >= 0.6 is 11.6 Å². The Morgan fingerprint density at radius 3 is 2.48 bits per heavy atom. The van der Waals surface area contributed by atoms with E-state index in [1.165, 1.54) is 5.56 Å². The molecule has 1 fully saturated rings. The van der Waals surface area contributed by atoms with Crippen molar-refractivity contribution in [2.24, 2.45) is 5.73 Å². The molecule has 5 heteroatoms. The van der Waals surface area contributed by atoms with Crippen molar-refractivity contribution in [1.29, 1.82) is 0 Å². The Hall–Kier alpha value is -1.88. The van der Waals surface area contributed by atoms with Gasteiger partial charge < -0.3 is 15.7 Å². The van der Waals surface area contributed by atoms with Gasteiger partial charge in [0.05, 0.1) is 11.5 Å². The molecule has 1 unspecified atom stereocenters. The average molecular weight is 443 g/mol. The Labute approximate surface area is 191 Å². The number of rotatable bonds is 9. The predicted octanol–water partition coefficient (Wildman–Crippen LogP) is 5.19. The molecular formula is C26H35ClN2O2. The number of carbonyl (C=O) groups excluding carboxylic acids is 1. The number of aliphatic hydroxyl groups excluding tert-OH is 1. The first-order valence-corrected chi connectivity index (χ1v) is 11.7. The van der Waals surface area contributed by atoms with Crippen molar-refractivity contribution in [2.45, 2.75) is 63.4 Å².